The average molecular weight is 261 g/mol. The van der Waals surface area contributed by atoms with Crippen molar-refractivity contribution in [1.82, 2.24) is 4.90 Å². The van der Waals surface area contributed by atoms with Crippen LogP contribution in [0.15, 0.2) is 30.3 Å². The van der Waals surface area contributed by atoms with Crippen molar-refractivity contribution in [1.29, 1.82) is 0 Å². The van der Waals surface area contributed by atoms with Gasteiger partial charge in [0, 0.05) is 37.9 Å². The molecule has 0 radical (unpaired) electrons. The Morgan fingerprint density at radius 2 is 1.74 bits per heavy atom. The third kappa shape index (κ3) is 4.51. The smallest absolute Gasteiger partial charge is 0.0367 e. The predicted molar refractivity (Wildman–Crippen MR) is 82.6 cm³/mol. The van der Waals surface area contributed by atoms with Crippen LogP contribution < -0.4 is 10.6 Å². The van der Waals surface area contributed by atoms with Gasteiger partial charge in [0.15, 0.2) is 0 Å². The average Bonchev–Trinajstić information content (AvgIpc) is 2.47. The molecule has 3 nitrogen and oxygen atoms in total. The first-order chi connectivity index (χ1) is 9.29. The molecule has 0 amide bonds. The van der Waals surface area contributed by atoms with Crippen molar-refractivity contribution in [3.8, 4) is 0 Å². The standard InChI is InChI=1S/C16H27N3/c1-2-6-15(17)9-10-18-11-13-19(14-12-18)16-7-4-3-5-8-16/h3-5,7-8,15H,2,6,9-14,17H2,1H3. The molecule has 19 heavy (non-hydrogen) atoms. The van der Waals surface area contributed by atoms with E-state index in [4.69, 9.17) is 5.73 Å². The molecule has 0 aliphatic carbocycles. The van der Waals surface area contributed by atoms with E-state index in [1.54, 1.807) is 0 Å². The maximum Gasteiger partial charge on any atom is 0.0367 e. The van der Waals surface area contributed by atoms with Crippen LogP contribution in [0.25, 0.3) is 0 Å². The summed E-state index contributed by atoms with van der Waals surface area (Å²) >= 11 is 0. The summed E-state index contributed by atoms with van der Waals surface area (Å²) in [4.78, 5) is 5.03. The molecule has 1 saturated heterocycles. The van der Waals surface area contributed by atoms with Gasteiger partial charge in [-0.05, 0) is 31.5 Å². The van der Waals surface area contributed by atoms with Crippen LogP contribution in [0.4, 0.5) is 5.69 Å². The van der Waals surface area contributed by atoms with Crippen LogP contribution in [0.3, 0.4) is 0 Å². The Hall–Kier alpha value is -1.06. The van der Waals surface area contributed by atoms with E-state index in [-0.39, 0.29) is 0 Å². The number of rotatable bonds is 6. The first-order valence-corrected chi connectivity index (χ1v) is 7.57. The lowest BCUT2D eigenvalue weighted by Gasteiger charge is -2.36. The van der Waals surface area contributed by atoms with E-state index in [9.17, 15) is 0 Å². The van der Waals surface area contributed by atoms with Crippen LogP contribution in [0.1, 0.15) is 26.2 Å². The Morgan fingerprint density at radius 1 is 1.05 bits per heavy atom. The lowest BCUT2D eigenvalue weighted by Crippen LogP contribution is -2.47. The number of para-hydroxylation sites is 1. The van der Waals surface area contributed by atoms with E-state index >= 15 is 0 Å². The molecule has 1 fully saturated rings. The summed E-state index contributed by atoms with van der Waals surface area (Å²) in [6.45, 7) is 7.95. The molecule has 1 aromatic carbocycles. The molecule has 106 valence electrons. The van der Waals surface area contributed by atoms with E-state index in [1.165, 1.54) is 12.1 Å². The molecule has 0 saturated carbocycles. The van der Waals surface area contributed by atoms with E-state index in [2.05, 4.69) is 47.1 Å². The number of nitrogens with zero attached hydrogens (tertiary/aromatic N) is 2. The van der Waals surface area contributed by atoms with Gasteiger partial charge in [-0.3, -0.25) is 4.90 Å². The van der Waals surface area contributed by atoms with Crippen molar-refractivity contribution < 1.29 is 0 Å². The molecule has 1 atom stereocenters. The van der Waals surface area contributed by atoms with Crippen molar-refractivity contribution >= 4 is 5.69 Å². The molecule has 3 heteroatoms. The third-order valence-corrected chi connectivity index (χ3v) is 3.97. The maximum absolute atomic E-state index is 6.08. The van der Waals surface area contributed by atoms with Crippen molar-refractivity contribution in [2.24, 2.45) is 5.73 Å². The minimum Gasteiger partial charge on any atom is -0.369 e. The molecule has 0 aromatic heterocycles. The number of hydrogen-bond acceptors (Lipinski definition) is 3. The molecule has 0 spiro atoms. The van der Waals surface area contributed by atoms with Gasteiger partial charge in [-0.15, -0.1) is 0 Å². The lowest BCUT2D eigenvalue weighted by atomic mass is 10.1. The Labute approximate surface area is 117 Å². The van der Waals surface area contributed by atoms with E-state index < -0.39 is 0 Å². The molecule has 1 heterocycles. The fourth-order valence-corrected chi connectivity index (χ4v) is 2.73. The number of hydrogen-bond donors (Lipinski definition) is 1. The number of nitrogens with two attached hydrogens (primary N) is 1. The first-order valence-electron chi connectivity index (χ1n) is 7.57. The highest BCUT2D eigenvalue weighted by molar-refractivity contribution is 5.46. The quantitative estimate of drug-likeness (QED) is 0.853. The summed E-state index contributed by atoms with van der Waals surface area (Å²) in [6, 6.07) is 11.1. The van der Waals surface area contributed by atoms with Crippen LogP contribution in [0, 0.1) is 0 Å². The van der Waals surface area contributed by atoms with Gasteiger partial charge in [0.05, 0.1) is 0 Å². The summed E-state index contributed by atoms with van der Waals surface area (Å²) in [6.07, 6.45) is 3.49. The molecule has 2 rings (SSSR count). The maximum atomic E-state index is 6.08. The van der Waals surface area contributed by atoms with Gasteiger partial charge >= 0.3 is 0 Å². The Morgan fingerprint density at radius 3 is 2.37 bits per heavy atom. The molecule has 1 aliphatic rings. The second-order valence-electron chi connectivity index (χ2n) is 5.50. The largest absolute Gasteiger partial charge is 0.369 e. The fraction of sp³-hybridized carbons (Fsp3) is 0.625. The summed E-state index contributed by atoms with van der Waals surface area (Å²) in [5, 5.41) is 0. The molecule has 1 unspecified atom stereocenters. The topological polar surface area (TPSA) is 32.5 Å². The first kappa shape index (κ1) is 14.4. The van der Waals surface area contributed by atoms with Gasteiger partial charge in [0.25, 0.3) is 0 Å². The highest BCUT2D eigenvalue weighted by Crippen LogP contribution is 2.15. The monoisotopic (exact) mass is 261 g/mol. The summed E-state index contributed by atoms with van der Waals surface area (Å²) in [5.74, 6) is 0. The van der Waals surface area contributed by atoms with E-state index in [0.29, 0.717) is 6.04 Å². The normalized spacial score (nSPS) is 18.5. The second kappa shape index (κ2) is 7.51. The Bertz CT molecular complexity index is 344. The van der Waals surface area contributed by atoms with Gasteiger partial charge in [-0.2, -0.15) is 0 Å². The molecular weight excluding hydrogens is 234 g/mol. The summed E-state index contributed by atoms with van der Waals surface area (Å²) < 4.78 is 0. The zero-order valence-corrected chi connectivity index (χ0v) is 12.1. The van der Waals surface area contributed by atoms with Gasteiger partial charge < -0.3 is 10.6 Å². The number of anilines is 1. The van der Waals surface area contributed by atoms with Crippen LogP contribution in [0.2, 0.25) is 0 Å². The van der Waals surface area contributed by atoms with Gasteiger partial charge in [0.2, 0.25) is 0 Å². The zero-order valence-electron chi connectivity index (χ0n) is 12.1. The Balaban J connectivity index is 1.71. The van der Waals surface area contributed by atoms with Crippen molar-refractivity contribution in [2.45, 2.75) is 32.2 Å². The highest BCUT2D eigenvalue weighted by Gasteiger charge is 2.17. The number of piperazine rings is 1. The second-order valence-corrected chi connectivity index (χ2v) is 5.50. The van der Waals surface area contributed by atoms with Crippen LogP contribution in [-0.4, -0.2) is 43.7 Å². The molecule has 1 aliphatic heterocycles. The van der Waals surface area contributed by atoms with E-state index in [1.807, 2.05) is 0 Å². The summed E-state index contributed by atoms with van der Waals surface area (Å²) in [7, 11) is 0. The van der Waals surface area contributed by atoms with Gasteiger partial charge in [-0.25, -0.2) is 0 Å². The SMILES string of the molecule is CCCC(N)CCN1CCN(c2ccccc2)CC1. The molecule has 2 N–H and O–H groups in total. The fourth-order valence-electron chi connectivity index (χ4n) is 2.73. The predicted octanol–water partition coefficient (Wildman–Crippen LogP) is 2.33. The summed E-state index contributed by atoms with van der Waals surface area (Å²) in [5.41, 5.74) is 7.43. The highest BCUT2D eigenvalue weighted by atomic mass is 15.3. The lowest BCUT2D eigenvalue weighted by molar-refractivity contribution is 0.246. The van der Waals surface area contributed by atoms with Crippen LogP contribution in [0.5, 0.6) is 0 Å². The Kier molecular flexibility index (Phi) is 5.67. The zero-order chi connectivity index (χ0) is 13.5. The van der Waals surface area contributed by atoms with Gasteiger partial charge in [0.1, 0.15) is 0 Å². The van der Waals surface area contributed by atoms with Crippen molar-refractivity contribution in [3.63, 3.8) is 0 Å². The molecule has 1 aromatic rings. The number of benzene rings is 1. The molecule has 0 bridgehead atoms. The van der Waals surface area contributed by atoms with Crippen LogP contribution >= 0.6 is 0 Å². The third-order valence-electron chi connectivity index (χ3n) is 3.97. The molecular formula is C16H27N3. The van der Waals surface area contributed by atoms with Crippen LogP contribution in [-0.2, 0) is 0 Å². The van der Waals surface area contributed by atoms with Crippen molar-refractivity contribution in [3.05, 3.63) is 30.3 Å². The minimum atomic E-state index is 0.386. The minimum absolute atomic E-state index is 0.386. The van der Waals surface area contributed by atoms with Crippen molar-refractivity contribution in [2.75, 3.05) is 37.6 Å². The van der Waals surface area contributed by atoms with Gasteiger partial charge in [-0.1, -0.05) is 31.5 Å². The van der Waals surface area contributed by atoms with E-state index in [0.717, 1.165) is 45.6 Å².